The predicted octanol–water partition coefficient (Wildman–Crippen LogP) is 3.44. The lowest BCUT2D eigenvalue weighted by molar-refractivity contribution is 0.144. The summed E-state index contributed by atoms with van der Waals surface area (Å²) in [6.45, 7) is 2.29. The van der Waals surface area contributed by atoms with Gasteiger partial charge in [-0.25, -0.2) is 0 Å². The molecule has 6 heteroatoms. The van der Waals surface area contributed by atoms with E-state index in [4.69, 9.17) is 4.74 Å². The highest BCUT2D eigenvalue weighted by atomic mass is 32.1. The zero-order valence-corrected chi connectivity index (χ0v) is 15.9. The summed E-state index contributed by atoms with van der Waals surface area (Å²) in [5, 5.41) is 12.6. The summed E-state index contributed by atoms with van der Waals surface area (Å²) in [5.74, 6) is 1.09. The number of benzene rings is 2. The zero-order chi connectivity index (χ0) is 18.2. The third-order valence-electron chi connectivity index (χ3n) is 5.93. The zero-order valence-electron chi connectivity index (χ0n) is 15.1. The van der Waals surface area contributed by atoms with Gasteiger partial charge in [0.1, 0.15) is 5.69 Å². The monoisotopic (exact) mass is 381 g/mol. The SMILES string of the molecule is OC1CN2CC1CCC2c1nsnc1OCCc1ccc2ccccc2c1. The fraction of sp³-hybridized carbons (Fsp3) is 0.429. The van der Waals surface area contributed by atoms with Gasteiger partial charge in [-0.1, -0.05) is 42.5 Å². The van der Waals surface area contributed by atoms with Crippen LogP contribution in [0.3, 0.4) is 0 Å². The summed E-state index contributed by atoms with van der Waals surface area (Å²) in [6.07, 6.45) is 2.72. The number of aliphatic hydroxyl groups is 1. The highest BCUT2D eigenvalue weighted by Crippen LogP contribution is 2.41. The van der Waals surface area contributed by atoms with E-state index >= 15 is 0 Å². The number of nitrogens with zero attached hydrogens (tertiary/aromatic N) is 3. The fourth-order valence-corrected chi connectivity index (χ4v) is 4.99. The average molecular weight is 382 g/mol. The molecule has 27 heavy (non-hydrogen) atoms. The molecular weight excluding hydrogens is 358 g/mol. The lowest BCUT2D eigenvalue weighted by Crippen LogP contribution is -2.31. The van der Waals surface area contributed by atoms with Crippen LogP contribution < -0.4 is 4.74 Å². The van der Waals surface area contributed by atoms with Crippen molar-refractivity contribution in [3.8, 4) is 5.88 Å². The van der Waals surface area contributed by atoms with E-state index in [9.17, 15) is 5.11 Å². The Hall–Kier alpha value is -2.02. The number of piperidine rings is 1. The van der Waals surface area contributed by atoms with E-state index in [-0.39, 0.29) is 12.1 Å². The van der Waals surface area contributed by atoms with Crippen LogP contribution in [0.1, 0.15) is 30.1 Å². The first-order valence-corrected chi connectivity index (χ1v) is 10.4. The van der Waals surface area contributed by atoms with Gasteiger partial charge >= 0.3 is 0 Å². The van der Waals surface area contributed by atoms with Crippen LogP contribution in [-0.4, -0.2) is 44.6 Å². The molecule has 1 aromatic heterocycles. The number of aliphatic hydroxyl groups excluding tert-OH is 1. The summed E-state index contributed by atoms with van der Waals surface area (Å²) in [7, 11) is 0. The van der Waals surface area contributed by atoms with Gasteiger partial charge in [-0.15, -0.1) is 4.37 Å². The Bertz CT molecular complexity index is 942. The molecule has 5 nitrogen and oxygen atoms in total. The molecule has 3 heterocycles. The van der Waals surface area contributed by atoms with Crippen LogP contribution in [0.25, 0.3) is 10.8 Å². The summed E-state index contributed by atoms with van der Waals surface area (Å²) in [5.41, 5.74) is 2.22. The van der Waals surface area contributed by atoms with Crippen LogP contribution >= 0.6 is 11.7 Å². The van der Waals surface area contributed by atoms with Gasteiger partial charge in [0.25, 0.3) is 5.88 Å². The number of aromatic nitrogens is 2. The Kier molecular flexibility index (Phi) is 4.55. The smallest absolute Gasteiger partial charge is 0.250 e. The molecule has 2 aromatic carbocycles. The van der Waals surface area contributed by atoms with Gasteiger partial charge in [0.15, 0.2) is 0 Å². The van der Waals surface area contributed by atoms with Crippen molar-refractivity contribution in [2.75, 3.05) is 19.7 Å². The number of fused-ring (bicyclic) bond motifs is 3. The van der Waals surface area contributed by atoms with Crippen LogP contribution in [0, 0.1) is 5.92 Å². The van der Waals surface area contributed by atoms with E-state index in [1.165, 1.54) is 28.1 Å². The quantitative estimate of drug-likeness (QED) is 0.734. The summed E-state index contributed by atoms with van der Waals surface area (Å²) < 4.78 is 15.0. The van der Waals surface area contributed by atoms with Crippen molar-refractivity contribution in [1.82, 2.24) is 13.6 Å². The highest BCUT2D eigenvalue weighted by Gasteiger charge is 2.42. The Labute approximate surface area is 162 Å². The molecule has 0 spiro atoms. The topological polar surface area (TPSA) is 58.5 Å². The van der Waals surface area contributed by atoms with Crippen LogP contribution in [-0.2, 0) is 6.42 Å². The Morgan fingerprint density at radius 2 is 1.96 bits per heavy atom. The van der Waals surface area contributed by atoms with Crippen LogP contribution in [0.2, 0.25) is 0 Å². The van der Waals surface area contributed by atoms with E-state index in [0.717, 1.165) is 38.0 Å². The maximum atomic E-state index is 10.1. The molecule has 2 saturated heterocycles. The van der Waals surface area contributed by atoms with Gasteiger partial charge in [-0.3, -0.25) is 4.90 Å². The Morgan fingerprint density at radius 1 is 1.07 bits per heavy atom. The van der Waals surface area contributed by atoms with E-state index in [1.807, 2.05) is 0 Å². The lowest BCUT2D eigenvalue weighted by atomic mass is 9.93. The van der Waals surface area contributed by atoms with Crippen molar-refractivity contribution in [2.45, 2.75) is 31.4 Å². The molecule has 1 N–H and O–H groups in total. The van der Waals surface area contributed by atoms with E-state index in [0.29, 0.717) is 18.4 Å². The molecule has 4 atom stereocenters. The third-order valence-corrected chi connectivity index (χ3v) is 6.45. The Balaban J connectivity index is 1.25. The molecule has 2 aliphatic rings. The summed E-state index contributed by atoms with van der Waals surface area (Å²) >= 11 is 1.22. The van der Waals surface area contributed by atoms with Crippen molar-refractivity contribution in [2.24, 2.45) is 5.92 Å². The van der Waals surface area contributed by atoms with Crippen molar-refractivity contribution in [3.63, 3.8) is 0 Å². The van der Waals surface area contributed by atoms with Gasteiger partial charge in [0, 0.05) is 19.5 Å². The molecule has 0 amide bonds. The van der Waals surface area contributed by atoms with Gasteiger partial charge in [0.2, 0.25) is 0 Å². The molecule has 3 aromatic rings. The van der Waals surface area contributed by atoms with Crippen LogP contribution in [0.4, 0.5) is 0 Å². The van der Waals surface area contributed by atoms with Crippen molar-refractivity contribution in [1.29, 1.82) is 0 Å². The standard InChI is InChI=1S/C21H23N3O2S/c25-19-13-24-12-17(19)7-8-18(24)20-21(23-27-22-20)26-10-9-14-5-6-15-3-1-2-4-16(15)11-14/h1-6,11,17-19,25H,7-10,12-13H2. The minimum atomic E-state index is -0.195. The molecule has 5 rings (SSSR count). The summed E-state index contributed by atoms with van der Waals surface area (Å²) in [6, 6.07) is 15.2. The van der Waals surface area contributed by atoms with Gasteiger partial charge in [-0.2, -0.15) is 4.37 Å². The van der Waals surface area contributed by atoms with Gasteiger partial charge < -0.3 is 9.84 Å². The molecule has 2 fully saturated rings. The van der Waals surface area contributed by atoms with E-state index in [1.54, 1.807) is 0 Å². The highest BCUT2D eigenvalue weighted by molar-refractivity contribution is 6.99. The first kappa shape index (κ1) is 17.1. The molecule has 4 unspecified atom stereocenters. The number of rotatable bonds is 5. The second-order valence-electron chi connectivity index (χ2n) is 7.61. The van der Waals surface area contributed by atoms with Crippen molar-refractivity contribution in [3.05, 3.63) is 53.7 Å². The first-order valence-electron chi connectivity index (χ1n) is 9.63. The van der Waals surface area contributed by atoms with Crippen LogP contribution in [0.5, 0.6) is 5.88 Å². The molecule has 0 aliphatic carbocycles. The van der Waals surface area contributed by atoms with Gasteiger partial charge in [-0.05, 0) is 35.1 Å². The second kappa shape index (κ2) is 7.19. The minimum Gasteiger partial charge on any atom is -0.475 e. The normalized spacial score (nSPS) is 27.1. The maximum absolute atomic E-state index is 10.1. The predicted molar refractivity (Wildman–Crippen MR) is 106 cm³/mol. The average Bonchev–Trinajstić information content (AvgIpc) is 3.27. The first-order chi connectivity index (χ1) is 13.3. The summed E-state index contributed by atoms with van der Waals surface area (Å²) in [4.78, 5) is 2.34. The maximum Gasteiger partial charge on any atom is 0.250 e. The van der Waals surface area contributed by atoms with Crippen molar-refractivity contribution >= 4 is 22.5 Å². The number of ether oxygens (including phenoxy) is 1. The minimum absolute atomic E-state index is 0.195. The van der Waals surface area contributed by atoms with E-state index < -0.39 is 0 Å². The molecular formula is C21H23N3O2S. The fourth-order valence-electron chi connectivity index (χ4n) is 4.44. The largest absolute Gasteiger partial charge is 0.475 e. The molecule has 2 aliphatic heterocycles. The van der Waals surface area contributed by atoms with Crippen LogP contribution in [0.15, 0.2) is 42.5 Å². The molecule has 0 saturated carbocycles. The lowest BCUT2D eigenvalue weighted by Gasteiger charge is -2.30. The number of hydrogen-bond acceptors (Lipinski definition) is 6. The van der Waals surface area contributed by atoms with Gasteiger partial charge in [0.05, 0.1) is 30.5 Å². The number of hydrogen-bond donors (Lipinski definition) is 1. The second-order valence-corrected chi connectivity index (χ2v) is 8.14. The van der Waals surface area contributed by atoms with E-state index in [2.05, 4.69) is 56.1 Å². The third kappa shape index (κ3) is 3.33. The Morgan fingerprint density at radius 3 is 2.89 bits per heavy atom. The molecule has 2 bridgehead atoms. The molecule has 140 valence electrons. The van der Waals surface area contributed by atoms with Crippen molar-refractivity contribution < 1.29 is 9.84 Å². The molecule has 0 radical (unpaired) electrons.